The third-order valence-corrected chi connectivity index (χ3v) is 4.04. The van der Waals surface area contributed by atoms with Crippen molar-refractivity contribution in [3.63, 3.8) is 0 Å². The van der Waals surface area contributed by atoms with E-state index >= 15 is 0 Å². The zero-order valence-electron chi connectivity index (χ0n) is 16.0. The fourth-order valence-electron chi connectivity index (χ4n) is 2.49. The summed E-state index contributed by atoms with van der Waals surface area (Å²) in [5.74, 6) is 1.58. The van der Waals surface area contributed by atoms with Crippen LogP contribution in [0.5, 0.6) is 17.2 Å². The summed E-state index contributed by atoms with van der Waals surface area (Å²) in [6, 6.07) is 12.0. The van der Waals surface area contributed by atoms with Gasteiger partial charge in [0.2, 0.25) is 5.89 Å². The number of esters is 1. The fourth-order valence-corrected chi connectivity index (χ4v) is 2.49. The van der Waals surface area contributed by atoms with E-state index in [-0.39, 0.29) is 11.5 Å². The molecule has 8 heteroatoms. The van der Waals surface area contributed by atoms with Gasteiger partial charge in [-0.25, -0.2) is 4.79 Å². The smallest absolute Gasteiger partial charge is 0.342 e. The van der Waals surface area contributed by atoms with Crippen molar-refractivity contribution in [3.05, 3.63) is 53.9 Å². The Balaban J connectivity index is 1.73. The van der Waals surface area contributed by atoms with Crippen molar-refractivity contribution in [2.24, 2.45) is 0 Å². The summed E-state index contributed by atoms with van der Waals surface area (Å²) in [7, 11) is 4.59. The highest BCUT2D eigenvalue weighted by Crippen LogP contribution is 2.28. The standard InChI is InChI=1S/C20H20N2O6/c1-12(27-20(23)16-10-9-15(25-3)11-17(16)26-4)18-21-22-19(28-18)13-5-7-14(24-2)8-6-13/h5-12H,1-4H3/t12-/m0/s1. The Kier molecular flexibility index (Phi) is 5.78. The van der Waals surface area contributed by atoms with E-state index in [9.17, 15) is 4.79 Å². The molecule has 0 aliphatic carbocycles. The molecule has 1 atom stereocenters. The van der Waals surface area contributed by atoms with E-state index in [1.54, 1.807) is 56.5 Å². The Morgan fingerprint density at radius 3 is 2.25 bits per heavy atom. The van der Waals surface area contributed by atoms with Gasteiger partial charge >= 0.3 is 5.97 Å². The lowest BCUT2D eigenvalue weighted by molar-refractivity contribution is 0.0276. The van der Waals surface area contributed by atoms with Crippen LogP contribution >= 0.6 is 0 Å². The first kappa shape index (κ1) is 19.2. The lowest BCUT2D eigenvalue weighted by Crippen LogP contribution is -2.11. The van der Waals surface area contributed by atoms with Crippen LogP contribution in [0, 0.1) is 0 Å². The molecule has 3 aromatic rings. The van der Waals surface area contributed by atoms with Crippen LogP contribution in [-0.2, 0) is 4.74 Å². The van der Waals surface area contributed by atoms with Gasteiger partial charge in [-0.2, -0.15) is 0 Å². The maximum absolute atomic E-state index is 12.5. The van der Waals surface area contributed by atoms with Crippen molar-refractivity contribution in [2.75, 3.05) is 21.3 Å². The fraction of sp³-hybridized carbons (Fsp3) is 0.250. The summed E-state index contributed by atoms with van der Waals surface area (Å²) < 4.78 is 26.6. The zero-order valence-corrected chi connectivity index (χ0v) is 16.0. The molecule has 3 rings (SSSR count). The first-order valence-electron chi connectivity index (χ1n) is 8.46. The molecule has 0 bridgehead atoms. The first-order chi connectivity index (χ1) is 13.5. The number of carbonyl (C=O) groups is 1. The Hall–Kier alpha value is -3.55. The van der Waals surface area contributed by atoms with Crippen molar-refractivity contribution in [3.8, 4) is 28.7 Å². The molecule has 0 saturated carbocycles. The molecule has 0 spiro atoms. The average molecular weight is 384 g/mol. The second-order valence-electron chi connectivity index (χ2n) is 5.79. The molecule has 0 N–H and O–H groups in total. The Labute approximate surface area is 162 Å². The number of ether oxygens (including phenoxy) is 4. The molecular weight excluding hydrogens is 364 g/mol. The topological polar surface area (TPSA) is 92.9 Å². The molecule has 2 aromatic carbocycles. The van der Waals surface area contributed by atoms with Crippen molar-refractivity contribution in [1.82, 2.24) is 10.2 Å². The monoisotopic (exact) mass is 384 g/mol. The van der Waals surface area contributed by atoms with Gasteiger partial charge in [-0.15, -0.1) is 10.2 Å². The molecule has 146 valence electrons. The molecule has 0 saturated heterocycles. The van der Waals surface area contributed by atoms with Gasteiger partial charge < -0.3 is 23.4 Å². The van der Waals surface area contributed by atoms with Crippen LogP contribution in [0.15, 0.2) is 46.9 Å². The van der Waals surface area contributed by atoms with Crippen molar-refractivity contribution < 1.29 is 28.2 Å². The van der Waals surface area contributed by atoms with Crippen LogP contribution < -0.4 is 14.2 Å². The number of nitrogens with zero attached hydrogens (tertiary/aromatic N) is 2. The Morgan fingerprint density at radius 1 is 0.929 bits per heavy atom. The molecule has 0 aliphatic heterocycles. The van der Waals surface area contributed by atoms with E-state index < -0.39 is 12.1 Å². The summed E-state index contributed by atoms with van der Waals surface area (Å²) >= 11 is 0. The van der Waals surface area contributed by atoms with E-state index in [4.69, 9.17) is 23.4 Å². The van der Waals surface area contributed by atoms with Gasteiger partial charge in [0.1, 0.15) is 22.8 Å². The average Bonchev–Trinajstić information content (AvgIpc) is 3.23. The van der Waals surface area contributed by atoms with Crippen molar-refractivity contribution in [2.45, 2.75) is 13.0 Å². The van der Waals surface area contributed by atoms with Gasteiger partial charge in [0.15, 0.2) is 6.10 Å². The summed E-state index contributed by atoms with van der Waals surface area (Å²) in [4.78, 5) is 12.5. The highest BCUT2D eigenvalue weighted by Gasteiger charge is 2.22. The van der Waals surface area contributed by atoms with Gasteiger partial charge in [0, 0.05) is 11.6 Å². The number of methoxy groups -OCH3 is 3. The molecule has 1 aromatic heterocycles. The summed E-state index contributed by atoms with van der Waals surface area (Å²) in [6.45, 7) is 1.65. The molecule has 8 nitrogen and oxygen atoms in total. The molecule has 0 fully saturated rings. The molecule has 1 heterocycles. The van der Waals surface area contributed by atoms with Crippen molar-refractivity contribution >= 4 is 5.97 Å². The lowest BCUT2D eigenvalue weighted by atomic mass is 10.2. The summed E-state index contributed by atoms with van der Waals surface area (Å²) in [5.41, 5.74) is 1.000. The van der Waals surface area contributed by atoms with E-state index in [0.29, 0.717) is 17.4 Å². The van der Waals surface area contributed by atoms with Gasteiger partial charge in [-0.3, -0.25) is 0 Å². The maximum atomic E-state index is 12.5. The molecule has 0 radical (unpaired) electrons. The lowest BCUT2D eigenvalue weighted by Gasteiger charge is -2.12. The van der Waals surface area contributed by atoms with Crippen LogP contribution in [0.3, 0.4) is 0 Å². The molecule has 28 heavy (non-hydrogen) atoms. The number of hydrogen-bond donors (Lipinski definition) is 0. The SMILES string of the molecule is COc1ccc(-c2nnc([C@H](C)OC(=O)c3ccc(OC)cc3OC)o2)cc1. The van der Waals surface area contributed by atoms with Gasteiger partial charge in [0.05, 0.1) is 21.3 Å². The quantitative estimate of drug-likeness (QED) is 0.570. The van der Waals surface area contributed by atoms with Gasteiger partial charge in [-0.05, 0) is 43.3 Å². The molecule has 0 amide bonds. The molecular formula is C20H20N2O6. The zero-order chi connectivity index (χ0) is 20.1. The second-order valence-corrected chi connectivity index (χ2v) is 5.79. The van der Waals surface area contributed by atoms with E-state index in [0.717, 1.165) is 11.3 Å². The normalized spacial score (nSPS) is 11.6. The highest BCUT2D eigenvalue weighted by atomic mass is 16.6. The Morgan fingerprint density at radius 2 is 1.61 bits per heavy atom. The minimum absolute atomic E-state index is 0.187. The van der Waals surface area contributed by atoms with Crippen LogP contribution in [0.25, 0.3) is 11.5 Å². The number of aromatic nitrogens is 2. The summed E-state index contributed by atoms with van der Waals surface area (Å²) in [6.07, 6.45) is -0.737. The van der Waals surface area contributed by atoms with Gasteiger partial charge in [0.25, 0.3) is 5.89 Å². The number of benzene rings is 2. The molecule has 0 unspecified atom stereocenters. The molecule has 0 aliphatic rings. The minimum Gasteiger partial charge on any atom is -0.497 e. The Bertz CT molecular complexity index is 952. The van der Waals surface area contributed by atoms with Crippen LogP contribution in [0.2, 0.25) is 0 Å². The summed E-state index contributed by atoms with van der Waals surface area (Å²) in [5, 5.41) is 7.98. The minimum atomic E-state index is -0.737. The predicted octanol–water partition coefficient (Wildman–Crippen LogP) is 3.68. The maximum Gasteiger partial charge on any atom is 0.342 e. The van der Waals surface area contributed by atoms with Gasteiger partial charge in [-0.1, -0.05) is 0 Å². The van der Waals surface area contributed by atoms with Crippen LogP contribution in [-0.4, -0.2) is 37.5 Å². The van der Waals surface area contributed by atoms with E-state index in [2.05, 4.69) is 10.2 Å². The predicted molar refractivity (Wildman–Crippen MR) is 99.7 cm³/mol. The third-order valence-electron chi connectivity index (χ3n) is 4.04. The number of carbonyl (C=O) groups excluding carboxylic acids is 1. The van der Waals surface area contributed by atoms with Crippen LogP contribution in [0.1, 0.15) is 29.3 Å². The second kappa shape index (κ2) is 8.43. The number of hydrogen-bond acceptors (Lipinski definition) is 8. The third kappa shape index (κ3) is 4.06. The largest absolute Gasteiger partial charge is 0.497 e. The number of rotatable bonds is 7. The van der Waals surface area contributed by atoms with E-state index in [1.165, 1.54) is 14.2 Å². The highest BCUT2D eigenvalue weighted by molar-refractivity contribution is 5.92. The van der Waals surface area contributed by atoms with Crippen LogP contribution in [0.4, 0.5) is 0 Å². The van der Waals surface area contributed by atoms with Crippen molar-refractivity contribution in [1.29, 1.82) is 0 Å². The first-order valence-corrected chi connectivity index (χ1v) is 8.46. The van der Waals surface area contributed by atoms with E-state index in [1.807, 2.05) is 0 Å².